The molecule has 1 unspecified atom stereocenters. The smallest absolute Gasteiger partial charge is 0.309 e. The lowest BCUT2D eigenvalue weighted by Gasteiger charge is -2.14. The van der Waals surface area contributed by atoms with Crippen molar-refractivity contribution in [3.8, 4) is 11.1 Å². The average molecular weight is 325 g/mol. The molecule has 4 nitrogen and oxygen atoms in total. The van der Waals surface area contributed by atoms with E-state index in [1.807, 2.05) is 49.4 Å². The van der Waals surface area contributed by atoms with Crippen LogP contribution >= 0.6 is 0 Å². The van der Waals surface area contributed by atoms with E-state index in [0.29, 0.717) is 17.7 Å². The number of ketones is 1. The number of nitrogens with two attached hydrogens (primary N) is 1. The van der Waals surface area contributed by atoms with Crippen LogP contribution in [0.2, 0.25) is 0 Å². The van der Waals surface area contributed by atoms with Crippen molar-refractivity contribution in [2.45, 2.75) is 26.2 Å². The predicted octanol–water partition coefficient (Wildman–Crippen LogP) is 4.10. The summed E-state index contributed by atoms with van der Waals surface area (Å²) in [5.41, 5.74) is 8.81. The van der Waals surface area contributed by atoms with Crippen LogP contribution in [-0.4, -0.2) is 18.9 Å². The molecule has 0 saturated heterocycles. The zero-order chi connectivity index (χ0) is 17.5. The molecule has 0 aliphatic rings. The highest BCUT2D eigenvalue weighted by molar-refractivity contribution is 6.03. The number of methoxy groups -OCH3 is 1. The zero-order valence-corrected chi connectivity index (χ0v) is 14.1. The SMILES string of the molecule is CCCC(CC(=O)c1ccccc1-c1ccc(N)cc1)C(=O)OC. The van der Waals surface area contributed by atoms with E-state index in [0.717, 1.165) is 17.5 Å². The molecule has 2 aromatic rings. The van der Waals surface area contributed by atoms with Crippen LogP contribution in [0.1, 0.15) is 36.5 Å². The van der Waals surface area contributed by atoms with Gasteiger partial charge in [-0.3, -0.25) is 9.59 Å². The molecule has 126 valence electrons. The van der Waals surface area contributed by atoms with E-state index in [4.69, 9.17) is 10.5 Å². The summed E-state index contributed by atoms with van der Waals surface area (Å²) < 4.78 is 4.82. The monoisotopic (exact) mass is 325 g/mol. The van der Waals surface area contributed by atoms with E-state index >= 15 is 0 Å². The first kappa shape index (κ1) is 17.7. The molecule has 0 heterocycles. The highest BCUT2D eigenvalue weighted by atomic mass is 16.5. The van der Waals surface area contributed by atoms with Gasteiger partial charge in [0.2, 0.25) is 0 Å². The van der Waals surface area contributed by atoms with Gasteiger partial charge in [-0.1, -0.05) is 49.7 Å². The molecule has 0 amide bonds. The van der Waals surface area contributed by atoms with Crippen molar-refractivity contribution < 1.29 is 14.3 Å². The Hall–Kier alpha value is -2.62. The molecule has 24 heavy (non-hydrogen) atoms. The van der Waals surface area contributed by atoms with Crippen molar-refractivity contribution in [1.82, 2.24) is 0 Å². The Morgan fingerprint density at radius 3 is 2.38 bits per heavy atom. The molecule has 0 aliphatic heterocycles. The third kappa shape index (κ3) is 4.22. The Labute approximate surface area is 142 Å². The van der Waals surface area contributed by atoms with E-state index in [2.05, 4.69) is 0 Å². The van der Waals surface area contributed by atoms with Crippen LogP contribution in [0.5, 0.6) is 0 Å². The molecule has 0 aliphatic carbocycles. The Morgan fingerprint density at radius 2 is 1.75 bits per heavy atom. The third-order valence-electron chi connectivity index (χ3n) is 4.05. The molecule has 4 heteroatoms. The lowest BCUT2D eigenvalue weighted by molar-refractivity contribution is -0.145. The quantitative estimate of drug-likeness (QED) is 0.473. The van der Waals surface area contributed by atoms with Gasteiger partial charge in [0.25, 0.3) is 0 Å². The summed E-state index contributed by atoms with van der Waals surface area (Å²) in [5.74, 6) is -0.770. The van der Waals surface area contributed by atoms with Crippen molar-refractivity contribution in [1.29, 1.82) is 0 Å². The highest BCUT2D eigenvalue weighted by Gasteiger charge is 2.23. The Bertz CT molecular complexity index is 707. The number of nitrogen functional groups attached to an aromatic ring is 1. The molecule has 0 aromatic heterocycles. The maximum Gasteiger partial charge on any atom is 0.309 e. The molecule has 2 rings (SSSR count). The predicted molar refractivity (Wildman–Crippen MR) is 95.7 cm³/mol. The molecule has 0 saturated carbocycles. The fourth-order valence-electron chi connectivity index (χ4n) is 2.79. The van der Waals surface area contributed by atoms with Crippen LogP contribution in [0, 0.1) is 5.92 Å². The Morgan fingerprint density at radius 1 is 1.08 bits per heavy atom. The highest BCUT2D eigenvalue weighted by Crippen LogP contribution is 2.27. The number of benzene rings is 2. The van der Waals surface area contributed by atoms with Crippen molar-refractivity contribution >= 4 is 17.4 Å². The van der Waals surface area contributed by atoms with Crippen LogP contribution in [0.15, 0.2) is 48.5 Å². The van der Waals surface area contributed by atoms with Gasteiger partial charge in [0.1, 0.15) is 0 Å². The van der Waals surface area contributed by atoms with Gasteiger partial charge in [0, 0.05) is 17.7 Å². The summed E-state index contributed by atoms with van der Waals surface area (Å²) in [6, 6.07) is 14.8. The second-order valence-electron chi connectivity index (χ2n) is 5.80. The van der Waals surface area contributed by atoms with E-state index in [1.54, 1.807) is 6.07 Å². The molecule has 0 spiro atoms. The first-order valence-electron chi connectivity index (χ1n) is 8.12. The number of carbonyl (C=O) groups is 2. The van der Waals surface area contributed by atoms with E-state index in [9.17, 15) is 9.59 Å². The van der Waals surface area contributed by atoms with Gasteiger partial charge in [-0.15, -0.1) is 0 Å². The normalized spacial score (nSPS) is 11.8. The first-order valence-corrected chi connectivity index (χ1v) is 8.12. The van der Waals surface area contributed by atoms with Gasteiger partial charge >= 0.3 is 5.97 Å². The molecular formula is C20H23NO3. The van der Waals surface area contributed by atoms with Crippen molar-refractivity contribution in [3.05, 3.63) is 54.1 Å². The lowest BCUT2D eigenvalue weighted by Crippen LogP contribution is -2.20. The van der Waals surface area contributed by atoms with E-state index in [1.165, 1.54) is 7.11 Å². The topological polar surface area (TPSA) is 69.4 Å². The van der Waals surface area contributed by atoms with Gasteiger partial charge < -0.3 is 10.5 Å². The summed E-state index contributed by atoms with van der Waals surface area (Å²) in [6.07, 6.45) is 1.63. The minimum absolute atomic E-state index is 0.0497. The fraction of sp³-hybridized carbons (Fsp3) is 0.300. The lowest BCUT2D eigenvalue weighted by atomic mass is 9.90. The fourth-order valence-corrected chi connectivity index (χ4v) is 2.79. The van der Waals surface area contributed by atoms with Crippen LogP contribution in [-0.2, 0) is 9.53 Å². The second kappa shape index (κ2) is 8.29. The summed E-state index contributed by atoms with van der Waals surface area (Å²) in [7, 11) is 1.36. The average Bonchev–Trinajstić information content (AvgIpc) is 2.61. The summed E-state index contributed by atoms with van der Waals surface area (Å²) in [5, 5.41) is 0. The summed E-state index contributed by atoms with van der Waals surface area (Å²) in [6.45, 7) is 1.99. The van der Waals surface area contributed by atoms with Crippen LogP contribution in [0.3, 0.4) is 0 Å². The number of esters is 1. The van der Waals surface area contributed by atoms with Gasteiger partial charge in [-0.05, 0) is 29.7 Å². The minimum Gasteiger partial charge on any atom is -0.469 e. The number of anilines is 1. The molecular weight excluding hydrogens is 302 g/mol. The third-order valence-corrected chi connectivity index (χ3v) is 4.05. The first-order chi connectivity index (χ1) is 11.6. The van der Waals surface area contributed by atoms with Gasteiger partial charge in [-0.2, -0.15) is 0 Å². The van der Waals surface area contributed by atoms with Crippen molar-refractivity contribution in [3.63, 3.8) is 0 Å². The number of ether oxygens (including phenoxy) is 1. The van der Waals surface area contributed by atoms with Crippen LogP contribution in [0.25, 0.3) is 11.1 Å². The van der Waals surface area contributed by atoms with E-state index in [-0.39, 0.29) is 18.2 Å². The van der Waals surface area contributed by atoms with Crippen LogP contribution < -0.4 is 5.73 Å². The molecule has 0 bridgehead atoms. The Kier molecular flexibility index (Phi) is 6.13. The van der Waals surface area contributed by atoms with Crippen molar-refractivity contribution in [2.75, 3.05) is 12.8 Å². The standard InChI is InChI=1S/C20H23NO3/c1-3-6-15(20(23)24-2)13-19(22)18-8-5-4-7-17(18)14-9-11-16(21)12-10-14/h4-5,7-12,15H,3,6,13,21H2,1-2H3. The molecule has 0 fully saturated rings. The summed E-state index contributed by atoms with van der Waals surface area (Å²) >= 11 is 0. The number of carbonyl (C=O) groups excluding carboxylic acids is 2. The van der Waals surface area contributed by atoms with Crippen molar-refractivity contribution in [2.24, 2.45) is 5.92 Å². The minimum atomic E-state index is -0.396. The summed E-state index contributed by atoms with van der Waals surface area (Å²) in [4.78, 5) is 24.7. The number of hydrogen-bond donors (Lipinski definition) is 1. The second-order valence-corrected chi connectivity index (χ2v) is 5.80. The van der Waals surface area contributed by atoms with E-state index < -0.39 is 5.92 Å². The van der Waals surface area contributed by atoms with Gasteiger partial charge in [-0.25, -0.2) is 0 Å². The number of Topliss-reactive ketones (excluding diaryl/α,β-unsaturated/α-hetero) is 1. The maximum absolute atomic E-state index is 12.8. The molecule has 1 atom stereocenters. The zero-order valence-electron chi connectivity index (χ0n) is 14.1. The Balaban J connectivity index is 2.29. The maximum atomic E-state index is 12.8. The van der Waals surface area contributed by atoms with Crippen LogP contribution in [0.4, 0.5) is 5.69 Å². The van der Waals surface area contributed by atoms with Gasteiger partial charge in [0.05, 0.1) is 13.0 Å². The molecule has 2 aromatic carbocycles. The molecule has 2 N–H and O–H groups in total. The number of hydrogen-bond acceptors (Lipinski definition) is 4. The van der Waals surface area contributed by atoms with Gasteiger partial charge in [0.15, 0.2) is 5.78 Å². The number of rotatable bonds is 7. The molecule has 0 radical (unpaired) electrons. The largest absolute Gasteiger partial charge is 0.469 e.